The second-order valence-corrected chi connectivity index (χ2v) is 4.24. The van der Waals surface area contributed by atoms with E-state index in [0.29, 0.717) is 19.6 Å². The zero-order valence-electron chi connectivity index (χ0n) is 9.88. The van der Waals surface area contributed by atoms with E-state index >= 15 is 0 Å². The number of carbonyl (C=O) groups is 1. The number of carbonyl (C=O) groups excluding carboxylic acids is 1. The van der Waals surface area contributed by atoms with Crippen LogP contribution in [-0.4, -0.2) is 53.4 Å². The van der Waals surface area contributed by atoms with Gasteiger partial charge in [-0.05, 0) is 17.7 Å². The van der Waals surface area contributed by atoms with Crippen LogP contribution in [0.5, 0.6) is 0 Å². The predicted octanol–water partition coefficient (Wildman–Crippen LogP) is -0.315. The van der Waals surface area contributed by atoms with Crippen LogP contribution in [0.3, 0.4) is 0 Å². The number of nitrogens with two attached hydrogens (primary N) is 1. The fourth-order valence-electron chi connectivity index (χ4n) is 2.01. The van der Waals surface area contributed by atoms with Crippen LogP contribution < -0.4 is 5.73 Å². The second-order valence-electron chi connectivity index (χ2n) is 4.24. The molecule has 1 aliphatic rings. The highest BCUT2D eigenvalue weighted by atomic mass is 16.2. The zero-order valence-corrected chi connectivity index (χ0v) is 9.88. The largest absolute Gasteiger partial charge is 0.336 e. The highest BCUT2D eigenvalue weighted by Gasteiger charge is 2.22. The minimum Gasteiger partial charge on any atom is -0.336 e. The average molecular weight is 234 g/mol. The molecule has 2 heterocycles. The maximum atomic E-state index is 11.9. The summed E-state index contributed by atoms with van der Waals surface area (Å²) in [7, 11) is 0. The summed E-state index contributed by atoms with van der Waals surface area (Å²) in [6.07, 6.45) is 3.51. The van der Waals surface area contributed by atoms with E-state index in [0.717, 1.165) is 25.2 Å². The molecule has 0 aromatic carbocycles. The molecular weight excluding hydrogens is 216 g/mol. The van der Waals surface area contributed by atoms with E-state index in [1.807, 2.05) is 17.0 Å². The molecule has 1 aromatic rings. The number of pyridine rings is 1. The van der Waals surface area contributed by atoms with E-state index in [4.69, 9.17) is 5.73 Å². The predicted molar refractivity (Wildman–Crippen MR) is 65.1 cm³/mol. The van der Waals surface area contributed by atoms with Gasteiger partial charge in [0.15, 0.2) is 0 Å². The number of aromatic nitrogens is 1. The Kier molecular flexibility index (Phi) is 4.06. The molecule has 5 nitrogen and oxygen atoms in total. The van der Waals surface area contributed by atoms with Gasteiger partial charge in [0.2, 0.25) is 5.91 Å². The molecule has 0 atom stereocenters. The van der Waals surface area contributed by atoms with Crippen LogP contribution in [-0.2, 0) is 11.3 Å². The number of hydrogen-bond acceptors (Lipinski definition) is 4. The van der Waals surface area contributed by atoms with E-state index in [9.17, 15) is 4.79 Å². The molecule has 1 aliphatic heterocycles. The normalized spacial score (nSPS) is 17.5. The van der Waals surface area contributed by atoms with Gasteiger partial charge in [-0.25, -0.2) is 0 Å². The van der Waals surface area contributed by atoms with Crippen molar-refractivity contribution in [2.45, 2.75) is 6.54 Å². The molecular formula is C12H18N4O. The number of hydrogen-bond donors (Lipinski definition) is 1. The molecule has 1 saturated heterocycles. The van der Waals surface area contributed by atoms with Gasteiger partial charge in [-0.2, -0.15) is 0 Å². The Morgan fingerprint density at radius 2 is 2.06 bits per heavy atom. The molecule has 2 N–H and O–H groups in total. The molecule has 0 saturated carbocycles. The Balaban J connectivity index is 1.90. The molecule has 0 spiro atoms. The molecule has 0 radical (unpaired) electrons. The number of amides is 1. The van der Waals surface area contributed by atoms with Gasteiger partial charge in [0, 0.05) is 45.1 Å². The molecule has 0 aliphatic carbocycles. The van der Waals surface area contributed by atoms with E-state index in [1.165, 1.54) is 0 Å². The molecule has 92 valence electrons. The Bertz CT molecular complexity index is 368. The summed E-state index contributed by atoms with van der Waals surface area (Å²) < 4.78 is 0. The minimum atomic E-state index is 0.182. The molecule has 17 heavy (non-hydrogen) atoms. The Morgan fingerprint density at radius 1 is 1.29 bits per heavy atom. The average Bonchev–Trinajstić information content (AvgIpc) is 2.34. The van der Waals surface area contributed by atoms with Crippen molar-refractivity contribution in [1.29, 1.82) is 0 Å². The summed E-state index contributed by atoms with van der Waals surface area (Å²) >= 11 is 0. The fourth-order valence-corrected chi connectivity index (χ4v) is 2.01. The summed E-state index contributed by atoms with van der Waals surface area (Å²) in [5.41, 5.74) is 6.62. The van der Waals surface area contributed by atoms with Gasteiger partial charge in [-0.15, -0.1) is 0 Å². The van der Waals surface area contributed by atoms with E-state index in [2.05, 4.69) is 9.88 Å². The first-order valence-corrected chi connectivity index (χ1v) is 5.88. The lowest BCUT2D eigenvalue weighted by Gasteiger charge is -2.34. The maximum absolute atomic E-state index is 11.9. The van der Waals surface area contributed by atoms with Gasteiger partial charge >= 0.3 is 0 Å². The second kappa shape index (κ2) is 5.75. The highest BCUT2D eigenvalue weighted by Crippen LogP contribution is 2.08. The van der Waals surface area contributed by atoms with Crippen LogP contribution in [0.2, 0.25) is 0 Å². The standard InChI is InChI=1S/C12H18N4O/c13-3-6-15-7-8-16(12(17)10-15)9-11-1-4-14-5-2-11/h1-2,4-5H,3,6-10,13H2. The van der Waals surface area contributed by atoms with Crippen LogP contribution in [0.25, 0.3) is 0 Å². The molecule has 1 fully saturated rings. The first-order chi connectivity index (χ1) is 8.29. The van der Waals surface area contributed by atoms with Crippen molar-refractivity contribution in [3.8, 4) is 0 Å². The number of nitrogens with zero attached hydrogens (tertiary/aromatic N) is 3. The fraction of sp³-hybridized carbons (Fsp3) is 0.500. The van der Waals surface area contributed by atoms with Crippen LogP contribution in [0.15, 0.2) is 24.5 Å². The smallest absolute Gasteiger partial charge is 0.237 e. The summed E-state index contributed by atoms with van der Waals surface area (Å²) in [4.78, 5) is 19.9. The lowest BCUT2D eigenvalue weighted by atomic mass is 10.2. The Morgan fingerprint density at radius 3 is 2.71 bits per heavy atom. The SMILES string of the molecule is NCCN1CCN(Cc2ccncc2)C(=O)C1. The quantitative estimate of drug-likeness (QED) is 0.776. The third kappa shape index (κ3) is 3.25. The molecule has 5 heteroatoms. The van der Waals surface area contributed by atoms with Crippen LogP contribution >= 0.6 is 0 Å². The van der Waals surface area contributed by atoms with Crippen molar-refractivity contribution in [3.05, 3.63) is 30.1 Å². The summed E-state index contributed by atoms with van der Waals surface area (Å²) in [5.74, 6) is 0.182. The highest BCUT2D eigenvalue weighted by molar-refractivity contribution is 5.79. The molecule has 0 unspecified atom stereocenters. The lowest BCUT2D eigenvalue weighted by Crippen LogP contribution is -2.50. The van der Waals surface area contributed by atoms with Gasteiger partial charge in [0.05, 0.1) is 6.54 Å². The topological polar surface area (TPSA) is 62.5 Å². The van der Waals surface area contributed by atoms with Gasteiger partial charge in [0.1, 0.15) is 0 Å². The summed E-state index contributed by atoms with van der Waals surface area (Å²) in [6, 6.07) is 3.89. The van der Waals surface area contributed by atoms with Gasteiger partial charge in [-0.1, -0.05) is 0 Å². The Labute approximate surface area is 101 Å². The summed E-state index contributed by atoms with van der Waals surface area (Å²) in [6.45, 7) is 4.27. The zero-order chi connectivity index (χ0) is 12.1. The Hall–Kier alpha value is -1.46. The summed E-state index contributed by atoms with van der Waals surface area (Å²) in [5, 5.41) is 0. The van der Waals surface area contributed by atoms with Crippen molar-refractivity contribution in [2.24, 2.45) is 5.73 Å². The van der Waals surface area contributed by atoms with Gasteiger partial charge in [-0.3, -0.25) is 14.7 Å². The van der Waals surface area contributed by atoms with E-state index in [-0.39, 0.29) is 5.91 Å². The molecule has 0 bridgehead atoms. The van der Waals surface area contributed by atoms with Gasteiger partial charge in [0.25, 0.3) is 0 Å². The van der Waals surface area contributed by atoms with E-state index in [1.54, 1.807) is 12.4 Å². The van der Waals surface area contributed by atoms with Crippen LogP contribution in [0.1, 0.15) is 5.56 Å². The first-order valence-electron chi connectivity index (χ1n) is 5.88. The van der Waals surface area contributed by atoms with Gasteiger partial charge < -0.3 is 10.6 Å². The van der Waals surface area contributed by atoms with Crippen LogP contribution in [0.4, 0.5) is 0 Å². The molecule has 1 aromatic heterocycles. The molecule has 2 rings (SSSR count). The van der Waals surface area contributed by atoms with Crippen molar-refractivity contribution >= 4 is 5.91 Å². The third-order valence-electron chi connectivity index (χ3n) is 2.97. The van der Waals surface area contributed by atoms with Crippen molar-refractivity contribution in [3.63, 3.8) is 0 Å². The number of piperazine rings is 1. The number of rotatable bonds is 4. The monoisotopic (exact) mass is 234 g/mol. The van der Waals surface area contributed by atoms with E-state index < -0.39 is 0 Å². The van der Waals surface area contributed by atoms with Crippen LogP contribution in [0, 0.1) is 0 Å². The van der Waals surface area contributed by atoms with Crippen molar-refractivity contribution in [1.82, 2.24) is 14.8 Å². The molecule has 1 amide bonds. The maximum Gasteiger partial charge on any atom is 0.237 e. The van der Waals surface area contributed by atoms with Crippen molar-refractivity contribution in [2.75, 3.05) is 32.7 Å². The third-order valence-corrected chi connectivity index (χ3v) is 2.97. The minimum absolute atomic E-state index is 0.182. The van der Waals surface area contributed by atoms with Crippen molar-refractivity contribution < 1.29 is 4.79 Å². The first kappa shape index (κ1) is 12.0. The lowest BCUT2D eigenvalue weighted by molar-refractivity contribution is -0.136.